The van der Waals surface area contributed by atoms with Crippen molar-refractivity contribution in [3.05, 3.63) is 18.7 Å². The lowest BCUT2D eigenvalue weighted by atomic mass is 10.3. The minimum absolute atomic E-state index is 0.00421. The van der Waals surface area contributed by atoms with E-state index in [9.17, 15) is 4.79 Å². The van der Waals surface area contributed by atoms with Gasteiger partial charge < -0.3 is 24.7 Å². The van der Waals surface area contributed by atoms with Crippen LogP contribution >= 0.6 is 0 Å². The molecule has 0 aliphatic carbocycles. The van der Waals surface area contributed by atoms with E-state index in [2.05, 4.69) is 29.8 Å². The second-order valence-corrected chi connectivity index (χ2v) is 5.92. The van der Waals surface area contributed by atoms with Crippen LogP contribution in [0.2, 0.25) is 0 Å². The number of nitrogen functional groups attached to an aromatic ring is 1. The normalized spacial score (nSPS) is 14.5. The number of anilines is 2. The zero-order valence-electron chi connectivity index (χ0n) is 14.7. The van der Waals surface area contributed by atoms with Crippen LogP contribution < -0.4 is 10.6 Å². The molecule has 0 unspecified atom stereocenters. The van der Waals surface area contributed by atoms with Crippen molar-refractivity contribution in [2.75, 3.05) is 44.0 Å². The molecule has 27 heavy (non-hydrogen) atoms. The van der Waals surface area contributed by atoms with E-state index in [1.54, 1.807) is 23.3 Å². The summed E-state index contributed by atoms with van der Waals surface area (Å²) in [6, 6.07) is 0. The fourth-order valence-corrected chi connectivity index (χ4v) is 2.83. The smallest absolute Gasteiger partial charge is 0.325 e. The molecular formula is C16H18N8O3. The number of methoxy groups -OCH3 is 1. The third-order valence-electron chi connectivity index (χ3n) is 4.21. The number of nitrogens with two attached hydrogens (primary N) is 1. The molecule has 1 aliphatic heterocycles. The highest BCUT2D eigenvalue weighted by Crippen LogP contribution is 2.27. The minimum atomic E-state index is -0.391. The van der Waals surface area contributed by atoms with E-state index >= 15 is 0 Å². The summed E-state index contributed by atoms with van der Waals surface area (Å²) in [6.07, 6.45) is 4.69. The molecule has 11 heteroatoms. The number of imidazole rings is 1. The van der Waals surface area contributed by atoms with Crippen LogP contribution in [0.15, 0.2) is 18.7 Å². The number of rotatable bonds is 4. The van der Waals surface area contributed by atoms with E-state index < -0.39 is 5.97 Å². The minimum Gasteiger partial charge on any atom is -0.468 e. The van der Waals surface area contributed by atoms with Gasteiger partial charge in [0.1, 0.15) is 6.54 Å². The molecule has 1 aliphatic rings. The van der Waals surface area contributed by atoms with Crippen molar-refractivity contribution in [2.45, 2.75) is 6.54 Å². The van der Waals surface area contributed by atoms with Gasteiger partial charge in [-0.05, 0) is 0 Å². The van der Waals surface area contributed by atoms with Gasteiger partial charge >= 0.3 is 5.97 Å². The standard InChI is InChI=1S/C16H18N8O3/c1-26-11(25)8-24-9-20-12-14(23-2-4-27-5-3-23)21-13(22-15(12)24)10-6-18-16(17)19-7-10/h6-7,9H,2-5,8H2,1H3,(H2,17,18,19). The zero-order valence-corrected chi connectivity index (χ0v) is 14.7. The first-order valence-corrected chi connectivity index (χ1v) is 8.36. The van der Waals surface area contributed by atoms with E-state index in [0.29, 0.717) is 54.7 Å². The first kappa shape index (κ1) is 17.1. The quantitative estimate of drug-likeness (QED) is 0.619. The van der Waals surface area contributed by atoms with E-state index in [1.165, 1.54) is 7.11 Å². The maximum absolute atomic E-state index is 11.7. The van der Waals surface area contributed by atoms with Crippen molar-refractivity contribution < 1.29 is 14.3 Å². The number of carbonyl (C=O) groups excluding carboxylic acids is 1. The Kier molecular flexibility index (Phi) is 4.50. The molecule has 0 radical (unpaired) electrons. The zero-order chi connectivity index (χ0) is 18.8. The van der Waals surface area contributed by atoms with Gasteiger partial charge in [-0.15, -0.1) is 0 Å². The number of fused-ring (bicyclic) bond motifs is 1. The van der Waals surface area contributed by atoms with Crippen molar-refractivity contribution >= 4 is 28.9 Å². The van der Waals surface area contributed by atoms with Gasteiger partial charge in [-0.3, -0.25) is 4.79 Å². The topological polar surface area (TPSA) is 134 Å². The molecule has 0 amide bonds. The Morgan fingerprint density at radius 2 is 1.96 bits per heavy atom. The highest BCUT2D eigenvalue weighted by atomic mass is 16.5. The first-order valence-electron chi connectivity index (χ1n) is 8.36. The molecule has 0 spiro atoms. The molecule has 1 fully saturated rings. The Hall–Kier alpha value is -3.34. The molecule has 140 valence electrons. The second kappa shape index (κ2) is 7.11. The molecule has 4 rings (SSSR count). The summed E-state index contributed by atoms with van der Waals surface area (Å²) < 4.78 is 11.8. The maximum atomic E-state index is 11.7. The average molecular weight is 370 g/mol. The van der Waals surface area contributed by atoms with Gasteiger partial charge in [0, 0.05) is 25.5 Å². The number of nitrogens with zero attached hydrogens (tertiary/aromatic N) is 7. The van der Waals surface area contributed by atoms with Crippen molar-refractivity contribution in [3.63, 3.8) is 0 Å². The summed E-state index contributed by atoms with van der Waals surface area (Å²) in [5.41, 5.74) is 7.33. The summed E-state index contributed by atoms with van der Waals surface area (Å²) in [5, 5.41) is 0. The van der Waals surface area contributed by atoms with Gasteiger partial charge in [-0.2, -0.15) is 0 Å². The Bertz CT molecular complexity index is 966. The predicted molar refractivity (Wildman–Crippen MR) is 95.8 cm³/mol. The molecule has 0 saturated carbocycles. The van der Waals surface area contributed by atoms with Crippen LogP contribution in [0.1, 0.15) is 0 Å². The Morgan fingerprint density at radius 3 is 2.67 bits per heavy atom. The molecule has 3 aromatic rings. The maximum Gasteiger partial charge on any atom is 0.325 e. The number of morpholine rings is 1. The van der Waals surface area contributed by atoms with E-state index in [1.807, 2.05) is 0 Å². The molecule has 1 saturated heterocycles. The largest absolute Gasteiger partial charge is 0.468 e. The van der Waals surface area contributed by atoms with Gasteiger partial charge in [0.15, 0.2) is 22.8 Å². The molecule has 2 N–H and O–H groups in total. The first-order chi connectivity index (χ1) is 13.2. The summed E-state index contributed by atoms with van der Waals surface area (Å²) in [6.45, 7) is 2.59. The molecule has 0 aromatic carbocycles. The summed E-state index contributed by atoms with van der Waals surface area (Å²) in [5.74, 6) is 0.886. The molecule has 11 nitrogen and oxygen atoms in total. The number of ether oxygens (including phenoxy) is 2. The summed E-state index contributed by atoms with van der Waals surface area (Å²) >= 11 is 0. The molecule has 0 atom stereocenters. The Morgan fingerprint density at radius 1 is 1.22 bits per heavy atom. The van der Waals surface area contributed by atoms with Crippen LogP contribution in [0.4, 0.5) is 11.8 Å². The monoisotopic (exact) mass is 370 g/mol. The van der Waals surface area contributed by atoms with Crippen LogP contribution in [0.25, 0.3) is 22.6 Å². The summed E-state index contributed by atoms with van der Waals surface area (Å²) in [4.78, 5) is 35.5. The number of aromatic nitrogens is 6. The average Bonchev–Trinajstić information content (AvgIpc) is 3.11. The van der Waals surface area contributed by atoms with E-state index in [0.717, 1.165) is 0 Å². The fourth-order valence-electron chi connectivity index (χ4n) is 2.83. The van der Waals surface area contributed by atoms with Crippen LogP contribution in [0.5, 0.6) is 0 Å². The molecule has 3 aromatic heterocycles. The number of esters is 1. The van der Waals surface area contributed by atoms with Crippen LogP contribution in [-0.4, -0.2) is 68.9 Å². The van der Waals surface area contributed by atoms with Crippen LogP contribution in [-0.2, 0) is 20.8 Å². The SMILES string of the molecule is COC(=O)Cn1cnc2c(N3CCOCC3)nc(-c3cnc(N)nc3)nc21. The Balaban J connectivity index is 1.85. The van der Waals surface area contributed by atoms with Gasteiger partial charge in [0.2, 0.25) is 5.95 Å². The Labute approximate surface area is 154 Å². The van der Waals surface area contributed by atoms with E-state index in [4.69, 9.17) is 15.2 Å². The van der Waals surface area contributed by atoms with Crippen molar-refractivity contribution in [3.8, 4) is 11.4 Å². The lowest BCUT2D eigenvalue weighted by Gasteiger charge is -2.28. The van der Waals surface area contributed by atoms with Gasteiger partial charge in [0.25, 0.3) is 0 Å². The van der Waals surface area contributed by atoms with Crippen LogP contribution in [0.3, 0.4) is 0 Å². The van der Waals surface area contributed by atoms with Crippen molar-refractivity contribution in [1.29, 1.82) is 0 Å². The molecular weight excluding hydrogens is 352 g/mol. The number of hydrogen-bond donors (Lipinski definition) is 1. The lowest BCUT2D eigenvalue weighted by molar-refractivity contribution is -0.141. The molecule has 4 heterocycles. The fraction of sp³-hybridized carbons (Fsp3) is 0.375. The molecule has 0 bridgehead atoms. The van der Waals surface area contributed by atoms with Crippen LogP contribution in [0, 0.1) is 0 Å². The van der Waals surface area contributed by atoms with Gasteiger partial charge in [-0.1, -0.05) is 0 Å². The lowest BCUT2D eigenvalue weighted by Crippen LogP contribution is -2.37. The number of carbonyl (C=O) groups is 1. The number of hydrogen-bond acceptors (Lipinski definition) is 10. The third kappa shape index (κ3) is 3.36. The van der Waals surface area contributed by atoms with Crippen molar-refractivity contribution in [1.82, 2.24) is 29.5 Å². The van der Waals surface area contributed by atoms with Gasteiger partial charge in [-0.25, -0.2) is 24.9 Å². The van der Waals surface area contributed by atoms with Crippen molar-refractivity contribution in [2.24, 2.45) is 0 Å². The second-order valence-electron chi connectivity index (χ2n) is 5.92. The highest BCUT2D eigenvalue weighted by molar-refractivity contribution is 5.86. The van der Waals surface area contributed by atoms with Gasteiger partial charge in [0.05, 0.1) is 32.2 Å². The predicted octanol–water partition coefficient (Wildman–Crippen LogP) is -0.125. The van der Waals surface area contributed by atoms with E-state index in [-0.39, 0.29) is 12.5 Å². The third-order valence-corrected chi connectivity index (χ3v) is 4.21. The highest BCUT2D eigenvalue weighted by Gasteiger charge is 2.22. The summed E-state index contributed by atoms with van der Waals surface area (Å²) in [7, 11) is 1.34.